The van der Waals surface area contributed by atoms with Gasteiger partial charge in [-0.15, -0.1) is 0 Å². The number of rotatable bonds is 12. The van der Waals surface area contributed by atoms with E-state index in [2.05, 4.69) is 49.5 Å². The van der Waals surface area contributed by atoms with Crippen LogP contribution in [0.1, 0.15) is 51.5 Å². The van der Waals surface area contributed by atoms with Crippen LogP contribution in [0, 0.1) is 0 Å². The maximum absolute atomic E-state index is 5.62. The molecule has 0 heterocycles. The Bertz CT molecular complexity index is 312. The molecule has 0 radical (unpaired) electrons. The third-order valence-corrected chi connectivity index (χ3v) is 3.50. The maximum Gasteiger partial charge on any atom is 0.0480 e. The number of nitrogens with one attached hydrogen (secondary N) is 1. The van der Waals surface area contributed by atoms with Gasteiger partial charge in [0.1, 0.15) is 0 Å². The highest BCUT2D eigenvalue weighted by Gasteiger charge is 2.07. The molecule has 1 aromatic carbocycles. The standard InChI is InChI=1S/C18H31NO/c1-3-14-19-18(13-16-20-15-4-2)12-8-11-17-9-6-5-7-10-17/h5-7,9-10,18-19H,3-4,8,11-16H2,1-2H3. The van der Waals surface area contributed by atoms with Crippen LogP contribution >= 0.6 is 0 Å². The maximum atomic E-state index is 5.62. The molecule has 0 aliphatic rings. The lowest BCUT2D eigenvalue weighted by Gasteiger charge is -2.18. The zero-order chi connectivity index (χ0) is 14.5. The molecule has 0 aliphatic carbocycles. The van der Waals surface area contributed by atoms with Crippen LogP contribution in [0.15, 0.2) is 30.3 Å². The van der Waals surface area contributed by atoms with Crippen molar-refractivity contribution in [2.45, 2.75) is 58.4 Å². The monoisotopic (exact) mass is 277 g/mol. The Morgan fingerprint density at radius 2 is 1.80 bits per heavy atom. The SMILES string of the molecule is CCCNC(CCCc1ccccc1)CCOCCC. The number of benzene rings is 1. The van der Waals surface area contributed by atoms with E-state index in [1.165, 1.54) is 31.2 Å². The Hall–Kier alpha value is -0.860. The van der Waals surface area contributed by atoms with Crippen molar-refractivity contribution in [2.24, 2.45) is 0 Å². The molecule has 1 N–H and O–H groups in total. The van der Waals surface area contributed by atoms with E-state index in [-0.39, 0.29) is 0 Å². The van der Waals surface area contributed by atoms with Crippen molar-refractivity contribution in [3.05, 3.63) is 35.9 Å². The van der Waals surface area contributed by atoms with Crippen molar-refractivity contribution >= 4 is 0 Å². The predicted molar refractivity (Wildman–Crippen MR) is 87.2 cm³/mol. The molecule has 2 nitrogen and oxygen atoms in total. The zero-order valence-electron chi connectivity index (χ0n) is 13.2. The summed E-state index contributed by atoms with van der Waals surface area (Å²) < 4.78 is 5.62. The highest BCUT2D eigenvalue weighted by Crippen LogP contribution is 2.09. The van der Waals surface area contributed by atoms with Gasteiger partial charge in [-0.2, -0.15) is 0 Å². The van der Waals surface area contributed by atoms with E-state index in [1.807, 2.05) is 0 Å². The molecule has 20 heavy (non-hydrogen) atoms. The highest BCUT2D eigenvalue weighted by atomic mass is 16.5. The Morgan fingerprint density at radius 3 is 2.50 bits per heavy atom. The highest BCUT2D eigenvalue weighted by molar-refractivity contribution is 5.14. The Labute approximate surface area is 124 Å². The van der Waals surface area contributed by atoms with Crippen LogP contribution in [-0.2, 0) is 11.2 Å². The van der Waals surface area contributed by atoms with Gasteiger partial charge in [0.05, 0.1) is 0 Å². The summed E-state index contributed by atoms with van der Waals surface area (Å²) in [7, 11) is 0. The third-order valence-electron chi connectivity index (χ3n) is 3.50. The number of aryl methyl sites for hydroxylation is 1. The molecule has 0 spiro atoms. The molecule has 0 aliphatic heterocycles. The Kier molecular flexibility index (Phi) is 10.3. The van der Waals surface area contributed by atoms with E-state index in [0.29, 0.717) is 6.04 Å². The minimum atomic E-state index is 0.607. The van der Waals surface area contributed by atoms with Crippen molar-refractivity contribution < 1.29 is 4.74 Å². The average Bonchev–Trinajstić information content (AvgIpc) is 2.49. The van der Waals surface area contributed by atoms with Crippen LogP contribution < -0.4 is 5.32 Å². The molecule has 1 aromatic rings. The van der Waals surface area contributed by atoms with Gasteiger partial charge in [0, 0.05) is 19.3 Å². The van der Waals surface area contributed by atoms with Gasteiger partial charge in [-0.25, -0.2) is 0 Å². The Balaban J connectivity index is 2.21. The van der Waals surface area contributed by atoms with Gasteiger partial charge in [0.15, 0.2) is 0 Å². The topological polar surface area (TPSA) is 21.3 Å². The molecule has 0 bridgehead atoms. The first-order valence-electron chi connectivity index (χ1n) is 8.21. The fourth-order valence-corrected chi connectivity index (χ4v) is 2.37. The Morgan fingerprint density at radius 1 is 1.00 bits per heavy atom. The average molecular weight is 277 g/mol. The van der Waals surface area contributed by atoms with Gasteiger partial charge < -0.3 is 10.1 Å². The molecular formula is C18H31NO. The molecule has 0 saturated carbocycles. The summed E-state index contributed by atoms with van der Waals surface area (Å²) in [6, 6.07) is 11.4. The van der Waals surface area contributed by atoms with Crippen molar-refractivity contribution in [1.82, 2.24) is 5.32 Å². The van der Waals surface area contributed by atoms with Crippen molar-refractivity contribution in [2.75, 3.05) is 19.8 Å². The molecule has 1 atom stereocenters. The van der Waals surface area contributed by atoms with E-state index in [1.54, 1.807) is 0 Å². The fourth-order valence-electron chi connectivity index (χ4n) is 2.37. The van der Waals surface area contributed by atoms with Gasteiger partial charge in [-0.05, 0) is 50.6 Å². The predicted octanol–water partition coefficient (Wildman–Crippen LogP) is 4.19. The van der Waals surface area contributed by atoms with Crippen molar-refractivity contribution in [3.63, 3.8) is 0 Å². The second kappa shape index (κ2) is 11.9. The van der Waals surface area contributed by atoms with Gasteiger partial charge in [-0.1, -0.05) is 44.2 Å². The first-order chi connectivity index (χ1) is 9.86. The lowest BCUT2D eigenvalue weighted by molar-refractivity contribution is 0.123. The van der Waals surface area contributed by atoms with Gasteiger partial charge in [-0.3, -0.25) is 0 Å². The van der Waals surface area contributed by atoms with Crippen LogP contribution in [0.2, 0.25) is 0 Å². The lowest BCUT2D eigenvalue weighted by atomic mass is 10.0. The molecular weight excluding hydrogens is 246 g/mol. The smallest absolute Gasteiger partial charge is 0.0480 e. The summed E-state index contributed by atoms with van der Waals surface area (Å²) in [5, 5.41) is 3.65. The quantitative estimate of drug-likeness (QED) is 0.578. The molecule has 0 saturated heterocycles. The molecule has 0 aromatic heterocycles. The van der Waals surface area contributed by atoms with E-state index in [9.17, 15) is 0 Å². The number of hydrogen-bond acceptors (Lipinski definition) is 2. The largest absolute Gasteiger partial charge is 0.381 e. The third kappa shape index (κ3) is 8.34. The minimum Gasteiger partial charge on any atom is -0.381 e. The second-order valence-corrected chi connectivity index (χ2v) is 5.43. The number of ether oxygens (including phenoxy) is 1. The summed E-state index contributed by atoms with van der Waals surface area (Å²) in [6.07, 6.45) is 7.12. The molecule has 2 heteroatoms. The summed E-state index contributed by atoms with van der Waals surface area (Å²) in [5.41, 5.74) is 1.45. The van der Waals surface area contributed by atoms with Crippen LogP contribution in [0.5, 0.6) is 0 Å². The normalized spacial score (nSPS) is 12.5. The van der Waals surface area contributed by atoms with Crippen molar-refractivity contribution in [1.29, 1.82) is 0 Å². The lowest BCUT2D eigenvalue weighted by Crippen LogP contribution is -2.31. The minimum absolute atomic E-state index is 0.607. The molecule has 0 amide bonds. The summed E-state index contributed by atoms with van der Waals surface area (Å²) >= 11 is 0. The van der Waals surface area contributed by atoms with E-state index in [0.717, 1.165) is 32.6 Å². The van der Waals surface area contributed by atoms with Gasteiger partial charge in [0.2, 0.25) is 0 Å². The summed E-state index contributed by atoms with van der Waals surface area (Å²) in [5.74, 6) is 0. The first kappa shape index (κ1) is 17.2. The van der Waals surface area contributed by atoms with Crippen LogP contribution in [0.4, 0.5) is 0 Å². The molecule has 1 unspecified atom stereocenters. The van der Waals surface area contributed by atoms with Gasteiger partial charge in [0.25, 0.3) is 0 Å². The van der Waals surface area contributed by atoms with E-state index < -0.39 is 0 Å². The second-order valence-electron chi connectivity index (χ2n) is 5.43. The molecule has 1 rings (SSSR count). The summed E-state index contributed by atoms with van der Waals surface area (Å²) in [4.78, 5) is 0. The fraction of sp³-hybridized carbons (Fsp3) is 0.667. The molecule has 0 fully saturated rings. The van der Waals surface area contributed by atoms with Gasteiger partial charge >= 0.3 is 0 Å². The first-order valence-corrected chi connectivity index (χ1v) is 8.21. The van der Waals surface area contributed by atoms with Crippen LogP contribution in [0.3, 0.4) is 0 Å². The summed E-state index contributed by atoms with van der Waals surface area (Å²) in [6.45, 7) is 7.28. The van der Waals surface area contributed by atoms with Crippen LogP contribution in [0.25, 0.3) is 0 Å². The zero-order valence-corrected chi connectivity index (χ0v) is 13.2. The van der Waals surface area contributed by atoms with Crippen molar-refractivity contribution in [3.8, 4) is 0 Å². The van der Waals surface area contributed by atoms with Crippen LogP contribution in [-0.4, -0.2) is 25.8 Å². The van der Waals surface area contributed by atoms with E-state index in [4.69, 9.17) is 4.74 Å². The van der Waals surface area contributed by atoms with E-state index >= 15 is 0 Å². The number of hydrogen-bond donors (Lipinski definition) is 1. The molecule has 114 valence electrons.